The van der Waals surface area contributed by atoms with Gasteiger partial charge < -0.3 is 5.73 Å². The average molecular weight is 282 g/mol. The largest absolute Gasteiger partial charge is 0.383 e. The van der Waals surface area contributed by atoms with Crippen molar-refractivity contribution in [2.45, 2.75) is 6.92 Å². The number of aromatic nitrogens is 3. The minimum absolute atomic E-state index is 0.397. The van der Waals surface area contributed by atoms with Gasteiger partial charge in [0, 0.05) is 18.8 Å². The summed E-state index contributed by atoms with van der Waals surface area (Å²) in [6.45, 7) is 2.02. The van der Waals surface area contributed by atoms with E-state index in [0.29, 0.717) is 17.1 Å². The minimum atomic E-state index is -0.397. The van der Waals surface area contributed by atoms with Crippen molar-refractivity contribution in [2.24, 2.45) is 7.05 Å². The fourth-order valence-corrected chi connectivity index (χ4v) is 2.29. The van der Waals surface area contributed by atoms with Crippen molar-refractivity contribution in [1.82, 2.24) is 14.8 Å². The molecule has 0 aliphatic rings. The first kappa shape index (κ1) is 13.3. The summed E-state index contributed by atoms with van der Waals surface area (Å²) in [5.74, 6) is 0.143. The number of anilines is 1. The van der Waals surface area contributed by atoms with Crippen LogP contribution in [0.1, 0.15) is 5.56 Å². The molecule has 106 valence electrons. The van der Waals surface area contributed by atoms with Crippen molar-refractivity contribution in [3.05, 3.63) is 54.1 Å². The van der Waals surface area contributed by atoms with Crippen molar-refractivity contribution in [2.75, 3.05) is 5.73 Å². The number of benzene rings is 1. The predicted octanol–water partition coefficient (Wildman–Crippen LogP) is 3.18. The van der Waals surface area contributed by atoms with Crippen LogP contribution in [0.5, 0.6) is 0 Å². The molecule has 0 saturated heterocycles. The molecule has 0 aliphatic heterocycles. The highest BCUT2D eigenvalue weighted by atomic mass is 19.1. The summed E-state index contributed by atoms with van der Waals surface area (Å²) in [6.07, 6.45) is 2.75. The number of aryl methyl sites for hydroxylation is 2. The van der Waals surface area contributed by atoms with Gasteiger partial charge in [-0.2, -0.15) is 5.10 Å². The molecule has 0 spiro atoms. The summed E-state index contributed by atoms with van der Waals surface area (Å²) in [5, 5.41) is 4.41. The molecular formula is C16H15FN4. The van der Waals surface area contributed by atoms with Gasteiger partial charge in [0.2, 0.25) is 0 Å². The zero-order chi connectivity index (χ0) is 15.0. The Kier molecular flexibility index (Phi) is 3.17. The van der Waals surface area contributed by atoms with E-state index in [4.69, 9.17) is 5.73 Å². The van der Waals surface area contributed by atoms with E-state index in [-0.39, 0.29) is 0 Å². The predicted molar refractivity (Wildman–Crippen MR) is 81.0 cm³/mol. The molecule has 0 saturated carbocycles. The molecule has 0 amide bonds. The molecule has 0 bridgehead atoms. The first-order valence-corrected chi connectivity index (χ1v) is 6.56. The van der Waals surface area contributed by atoms with Crippen LogP contribution in [0.25, 0.3) is 22.4 Å². The quantitative estimate of drug-likeness (QED) is 0.785. The van der Waals surface area contributed by atoms with E-state index in [1.54, 1.807) is 17.9 Å². The van der Waals surface area contributed by atoms with E-state index in [9.17, 15) is 4.39 Å². The maximum atomic E-state index is 13.4. The van der Waals surface area contributed by atoms with Crippen LogP contribution in [0.15, 0.2) is 42.7 Å². The summed E-state index contributed by atoms with van der Waals surface area (Å²) in [7, 11) is 1.77. The molecular weight excluding hydrogens is 267 g/mol. The van der Waals surface area contributed by atoms with Crippen LogP contribution in [0.3, 0.4) is 0 Å². The van der Waals surface area contributed by atoms with Gasteiger partial charge in [-0.25, -0.2) is 4.39 Å². The average Bonchev–Trinajstić information content (AvgIpc) is 2.76. The Hall–Kier alpha value is -2.69. The lowest BCUT2D eigenvalue weighted by atomic mass is 10.0. The smallest absolute Gasteiger partial charge is 0.142 e. The standard InChI is InChI=1S/C16H15FN4/c1-10-3-5-11(6-4-10)14-15(20-21(2)16(14)18)12-7-13(17)9-19-8-12/h3-9H,18H2,1-2H3. The molecule has 21 heavy (non-hydrogen) atoms. The second-order valence-corrected chi connectivity index (χ2v) is 4.99. The van der Waals surface area contributed by atoms with Crippen LogP contribution in [0.2, 0.25) is 0 Å². The van der Waals surface area contributed by atoms with E-state index >= 15 is 0 Å². The number of rotatable bonds is 2. The molecule has 0 aliphatic carbocycles. The van der Waals surface area contributed by atoms with Crippen molar-refractivity contribution in [1.29, 1.82) is 0 Å². The highest BCUT2D eigenvalue weighted by Gasteiger charge is 2.17. The number of nitrogens with two attached hydrogens (primary N) is 1. The van der Waals surface area contributed by atoms with Gasteiger partial charge in [-0.05, 0) is 18.6 Å². The lowest BCUT2D eigenvalue weighted by Crippen LogP contribution is -1.97. The number of halogens is 1. The Balaban J connectivity index is 2.23. The second kappa shape index (κ2) is 5.01. The van der Waals surface area contributed by atoms with E-state index in [0.717, 1.165) is 16.7 Å². The van der Waals surface area contributed by atoms with E-state index < -0.39 is 5.82 Å². The van der Waals surface area contributed by atoms with Gasteiger partial charge in [-0.1, -0.05) is 29.8 Å². The summed E-state index contributed by atoms with van der Waals surface area (Å²) in [4.78, 5) is 3.88. The maximum absolute atomic E-state index is 13.4. The van der Waals surface area contributed by atoms with Gasteiger partial charge in [0.15, 0.2) is 0 Å². The molecule has 5 heteroatoms. The maximum Gasteiger partial charge on any atom is 0.142 e. The first-order chi connectivity index (χ1) is 10.1. The van der Waals surface area contributed by atoms with Crippen molar-refractivity contribution >= 4 is 5.82 Å². The number of hydrogen-bond acceptors (Lipinski definition) is 3. The molecule has 0 atom stereocenters. The minimum Gasteiger partial charge on any atom is -0.383 e. The van der Waals surface area contributed by atoms with Gasteiger partial charge in [-0.3, -0.25) is 9.67 Å². The molecule has 3 aromatic rings. The summed E-state index contributed by atoms with van der Waals surface area (Å²) in [6, 6.07) is 9.40. The Morgan fingerprint density at radius 3 is 2.48 bits per heavy atom. The molecule has 0 radical (unpaired) electrons. The van der Waals surface area contributed by atoms with Gasteiger partial charge in [0.1, 0.15) is 17.3 Å². The third kappa shape index (κ3) is 2.38. The summed E-state index contributed by atoms with van der Waals surface area (Å²) >= 11 is 0. The van der Waals surface area contributed by atoms with Gasteiger partial charge in [0.25, 0.3) is 0 Å². The van der Waals surface area contributed by atoms with E-state index in [1.165, 1.54) is 12.3 Å². The van der Waals surface area contributed by atoms with Crippen LogP contribution in [-0.2, 0) is 7.05 Å². The van der Waals surface area contributed by atoms with Crippen molar-refractivity contribution < 1.29 is 4.39 Å². The number of nitrogens with zero attached hydrogens (tertiary/aromatic N) is 3. The Labute approximate surface area is 122 Å². The van der Waals surface area contributed by atoms with E-state index in [2.05, 4.69) is 10.1 Å². The van der Waals surface area contributed by atoms with Gasteiger partial charge in [-0.15, -0.1) is 0 Å². The fraction of sp³-hybridized carbons (Fsp3) is 0.125. The van der Waals surface area contributed by atoms with Crippen molar-refractivity contribution in [3.63, 3.8) is 0 Å². The third-order valence-corrected chi connectivity index (χ3v) is 3.41. The molecule has 0 unspecified atom stereocenters. The molecule has 2 N–H and O–H groups in total. The number of pyridine rings is 1. The normalized spacial score (nSPS) is 10.8. The fourth-order valence-electron chi connectivity index (χ4n) is 2.29. The molecule has 0 fully saturated rings. The Morgan fingerprint density at radius 1 is 1.10 bits per heavy atom. The van der Waals surface area contributed by atoms with Crippen LogP contribution in [-0.4, -0.2) is 14.8 Å². The van der Waals surface area contributed by atoms with Crippen LogP contribution >= 0.6 is 0 Å². The Bertz CT molecular complexity index is 791. The van der Waals surface area contributed by atoms with Crippen LogP contribution < -0.4 is 5.73 Å². The highest BCUT2D eigenvalue weighted by molar-refractivity contribution is 5.87. The van der Waals surface area contributed by atoms with Crippen LogP contribution in [0.4, 0.5) is 10.2 Å². The Morgan fingerprint density at radius 2 is 1.81 bits per heavy atom. The zero-order valence-corrected chi connectivity index (χ0v) is 11.8. The lowest BCUT2D eigenvalue weighted by molar-refractivity contribution is 0.622. The monoisotopic (exact) mass is 282 g/mol. The summed E-state index contributed by atoms with van der Waals surface area (Å²) in [5.41, 5.74) is 10.3. The third-order valence-electron chi connectivity index (χ3n) is 3.41. The highest BCUT2D eigenvalue weighted by Crippen LogP contribution is 2.35. The van der Waals surface area contributed by atoms with E-state index in [1.807, 2.05) is 31.2 Å². The molecule has 1 aromatic carbocycles. The number of hydrogen-bond donors (Lipinski definition) is 1. The molecule has 2 heterocycles. The topological polar surface area (TPSA) is 56.7 Å². The van der Waals surface area contributed by atoms with Gasteiger partial charge in [0.05, 0.1) is 11.8 Å². The lowest BCUT2D eigenvalue weighted by Gasteiger charge is -2.05. The van der Waals surface area contributed by atoms with Gasteiger partial charge >= 0.3 is 0 Å². The van der Waals surface area contributed by atoms with Crippen molar-refractivity contribution in [3.8, 4) is 22.4 Å². The summed E-state index contributed by atoms with van der Waals surface area (Å²) < 4.78 is 15.0. The number of nitrogen functional groups attached to an aromatic ring is 1. The first-order valence-electron chi connectivity index (χ1n) is 6.56. The molecule has 3 rings (SSSR count). The molecule has 4 nitrogen and oxygen atoms in total. The van der Waals surface area contributed by atoms with Crippen LogP contribution in [0, 0.1) is 12.7 Å². The zero-order valence-electron chi connectivity index (χ0n) is 11.8. The SMILES string of the molecule is Cc1ccc(-c2c(-c3cncc(F)c3)nn(C)c2N)cc1. The second-order valence-electron chi connectivity index (χ2n) is 4.99. The molecule has 2 aromatic heterocycles.